The molecule has 2 aliphatic carbocycles. The monoisotopic (exact) mass is 225 g/mol. The summed E-state index contributed by atoms with van der Waals surface area (Å²) < 4.78 is 13.7. The van der Waals surface area contributed by atoms with Gasteiger partial charge in [0.15, 0.2) is 0 Å². The maximum Gasteiger partial charge on any atom is 0.119 e. The number of nitriles is 1. The van der Waals surface area contributed by atoms with E-state index >= 15 is 0 Å². The molecule has 0 heterocycles. The molecule has 16 heavy (non-hydrogen) atoms. The molecule has 0 radical (unpaired) electrons. The molecule has 4 atom stereocenters. The van der Waals surface area contributed by atoms with E-state index in [1.165, 1.54) is 32.1 Å². The van der Waals surface area contributed by atoms with Gasteiger partial charge >= 0.3 is 0 Å². The molecule has 0 bridgehead atoms. The quantitative estimate of drug-likeness (QED) is 0.745. The molecule has 90 valence electrons. The summed E-state index contributed by atoms with van der Waals surface area (Å²) in [6.07, 6.45) is 5.39. The number of rotatable bonds is 1. The van der Waals surface area contributed by atoms with Crippen molar-refractivity contribution in [3.63, 3.8) is 0 Å². The first-order chi connectivity index (χ1) is 7.72. The molecule has 2 nitrogen and oxygen atoms in total. The predicted molar refractivity (Wildman–Crippen MR) is 59.3 cm³/mol. The second kappa shape index (κ2) is 5.14. The highest BCUT2D eigenvalue weighted by atomic mass is 19.1. The van der Waals surface area contributed by atoms with Gasteiger partial charge in [0, 0.05) is 0 Å². The second-order valence-electron chi connectivity index (χ2n) is 5.37. The number of alkyl halides is 1. The lowest BCUT2D eigenvalue weighted by molar-refractivity contribution is -0.00355. The van der Waals surface area contributed by atoms with Crippen LogP contribution in [0, 0.1) is 29.1 Å². The molecule has 2 fully saturated rings. The van der Waals surface area contributed by atoms with E-state index < -0.39 is 18.2 Å². The van der Waals surface area contributed by atoms with Crippen LogP contribution in [-0.4, -0.2) is 17.4 Å². The second-order valence-corrected chi connectivity index (χ2v) is 5.37. The summed E-state index contributed by atoms with van der Waals surface area (Å²) in [7, 11) is 0. The minimum atomic E-state index is -1.12. The molecule has 4 unspecified atom stereocenters. The summed E-state index contributed by atoms with van der Waals surface area (Å²) in [6.45, 7) is 0. The average Bonchev–Trinajstić information content (AvgIpc) is 2.30. The first-order valence-electron chi connectivity index (χ1n) is 6.44. The van der Waals surface area contributed by atoms with Gasteiger partial charge in [-0.05, 0) is 24.7 Å². The van der Waals surface area contributed by atoms with E-state index in [2.05, 4.69) is 0 Å². The van der Waals surface area contributed by atoms with Crippen molar-refractivity contribution < 1.29 is 9.50 Å². The lowest BCUT2D eigenvalue weighted by atomic mass is 9.69. The topological polar surface area (TPSA) is 44.0 Å². The molecule has 0 saturated heterocycles. The Kier molecular flexibility index (Phi) is 3.81. The zero-order chi connectivity index (χ0) is 11.5. The molecule has 2 rings (SSSR count). The molecule has 0 aliphatic heterocycles. The third-order valence-corrected chi connectivity index (χ3v) is 4.34. The molecule has 2 aliphatic rings. The van der Waals surface area contributed by atoms with Crippen LogP contribution in [-0.2, 0) is 0 Å². The van der Waals surface area contributed by atoms with E-state index in [0.29, 0.717) is 24.7 Å². The molecule has 3 heteroatoms. The number of aliphatic hydroxyl groups excluding tert-OH is 1. The van der Waals surface area contributed by atoms with Crippen molar-refractivity contribution in [1.29, 1.82) is 5.26 Å². The Balaban J connectivity index is 1.95. The van der Waals surface area contributed by atoms with E-state index in [-0.39, 0.29) is 0 Å². The molecule has 0 aromatic carbocycles. The number of nitrogens with zero attached hydrogens (tertiary/aromatic N) is 1. The summed E-state index contributed by atoms with van der Waals surface area (Å²) >= 11 is 0. The van der Waals surface area contributed by atoms with Gasteiger partial charge in [-0.1, -0.05) is 32.1 Å². The zero-order valence-electron chi connectivity index (χ0n) is 9.61. The molecule has 0 aromatic heterocycles. The van der Waals surface area contributed by atoms with Gasteiger partial charge < -0.3 is 5.11 Å². The molecule has 2 saturated carbocycles. The van der Waals surface area contributed by atoms with Crippen LogP contribution in [0.2, 0.25) is 0 Å². The Morgan fingerprint density at radius 1 is 1.06 bits per heavy atom. The van der Waals surface area contributed by atoms with Crippen molar-refractivity contribution in [2.24, 2.45) is 17.8 Å². The Hall–Kier alpha value is -0.620. The fourth-order valence-electron chi connectivity index (χ4n) is 3.39. The minimum absolute atomic E-state index is 0.301. The summed E-state index contributed by atoms with van der Waals surface area (Å²) in [5.41, 5.74) is 0. The van der Waals surface area contributed by atoms with Gasteiger partial charge in [0.2, 0.25) is 0 Å². The highest BCUT2D eigenvalue weighted by molar-refractivity contribution is 4.99. The van der Waals surface area contributed by atoms with Crippen LogP contribution >= 0.6 is 0 Å². The molecule has 0 amide bonds. The van der Waals surface area contributed by atoms with Gasteiger partial charge in [-0.25, -0.2) is 4.39 Å². The fraction of sp³-hybridized carbons (Fsp3) is 0.923. The summed E-state index contributed by atoms with van der Waals surface area (Å²) in [6, 6.07) is 1.90. The lowest BCUT2D eigenvalue weighted by Gasteiger charge is -2.38. The van der Waals surface area contributed by atoms with Crippen LogP contribution in [0.4, 0.5) is 4.39 Å². The third-order valence-electron chi connectivity index (χ3n) is 4.34. The summed E-state index contributed by atoms with van der Waals surface area (Å²) in [5.74, 6) is 0.0935. The van der Waals surface area contributed by atoms with Crippen molar-refractivity contribution in [2.75, 3.05) is 0 Å². The van der Waals surface area contributed by atoms with Crippen molar-refractivity contribution >= 4 is 0 Å². The van der Waals surface area contributed by atoms with Crippen LogP contribution in [0.5, 0.6) is 0 Å². The van der Waals surface area contributed by atoms with Crippen molar-refractivity contribution in [3.8, 4) is 6.07 Å². The average molecular weight is 225 g/mol. The van der Waals surface area contributed by atoms with Crippen LogP contribution < -0.4 is 0 Å². The normalized spacial score (nSPS) is 41.6. The first kappa shape index (κ1) is 11.9. The number of hydrogen-bond donors (Lipinski definition) is 1. The SMILES string of the molecule is N#CC1C(O)CC(C2CCCCC2)CC1F. The highest BCUT2D eigenvalue weighted by Crippen LogP contribution is 2.40. The highest BCUT2D eigenvalue weighted by Gasteiger charge is 2.40. The Labute approximate surface area is 96.5 Å². The molecular formula is C13H20FNO. The third kappa shape index (κ3) is 2.38. The van der Waals surface area contributed by atoms with E-state index in [1.54, 1.807) is 0 Å². The predicted octanol–water partition coefficient (Wildman–Crippen LogP) is 2.82. The fourth-order valence-corrected chi connectivity index (χ4v) is 3.39. The number of halogens is 1. The maximum absolute atomic E-state index is 13.7. The summed E-state index contributed by atoms with van der Waals surface area (Å²) in [5, 5.41) is 18.6. The van der Waals surface area contributed by atoms with Gasteiger partial charge in [-0.3, -0.25) is 0 Å². The van der Waals surface area contributed by atoms with Gasteiger partial charge in [-0.15, -0.1) is 0 Å². The van der Waals surface area contributed by atoms with Crippen LogP contribution in [0.3, 0.4) is 0 Å². The Morgan fingerprint density at radius 3 is 2.31 bits per heavy atom. The molecule has 0 spiro atoms. The minimum Gasteiger partial charge on any atom is -0.392 e. The van der Waals surface area contributed by atoms with E-state index in [4.69, 9.17) is 5.26 Å². The Morgan fingerprint density at radius 2 is 1.75 bits per heavy atom. The maximum atomic E-state index is 13.7. The molecule has 0 aromatic rings. The van der Waals surface area contributed by atoms with E-state index in [9.17, 15) is 9.50 Å². The van der Waals surface area contributed by atoms with Crippen LogP contribution in [0.25, 0.3) is 0 Å². The van der Waals surface area contributed by atoms with E-state index in [1.807, 2.05) is 6.07 Å². The molecule has 1 N–H and O–H groups in total. The Bertz CT molecular complexity index is 258. The van der Waals surface area contributed by atoms with Crippen molar-refractivity contribution in [2.45, 2.75) is 57.2 Å². The van der Waals surface area contributed by atoms with Gasteiger partial charge in [0.05, 0.1) is 12.2 Å². The van der Waals surface area contributed by atoms with Crippen LogP contribution in [0.1, 0.15) is 44.9 Å². The molecular weight excluding hydrogens is 205 g/mol. The largest absolute Gasteiger partial charge is 0.392 e. The van der Waals surface area contributed by atoms with Crippen molar-refractivity contribution in [3.05, 3.63) is 0 Å². The zero-order valence-corrected chi connectivity index (χ0v) is 9.61. The van der Waals surface area contributed by atoms with Gasteiger partial charge in [-0.2, -0.15) is 5.26 Å². The van der Waals surface area contributed by atoms with Gasteiger partial charge in [0.1, 0.15) is 12.1 Å². The first-order valence-corrected chi connectivity index (χ1v) is 6.44. The smallest absolute Gasteiger partial charge is 0.119 e. The summed E-state index contributed by atoms with van der Waals surface area (Å²) in [4.78, 5) is 0. The lowest BCUT2D eigenvalue weighted by Crippen LogP contribution is -2.39. The van der Waals surface area contributed by atoms with Crippen molar-refractivity contribution in [1.82, 2.24) is 0 Å². The van der Waals surface area contributed by atoms with Gasteiger partial charge in [0.25, 0.3) is 0 Å². The van der Waals surface area contributed by atoms with Crippen LogP contribution in [0.15, 0.2) is 0 Å². The standard InChI is InChI=1S/C13H20FNO/c14-12-6-10(7-13(16)11(12)8-15)9-4-2-1-3-5-9/h9-13,16H,1-7H2. The number of hydrogen-bond acceptors (Lipinski definition) is 2. The van der Waals surface area contributed by atoms with E-state index in [0.717, 1.165) is 0 Å². The number of aliphatic hydroxyl groups is 1.